The van der Waals surface area contributed by atoms with E-state index in [9.17, 15) is 13.6 Å². The molecule has 4 rings (SSSR count). The van der Waals surface area contributed by atoms with Crippen LogP contribution in [-0.4, -0.2) is 54.2 Å². The van der Waals surface area contributed by atoms with Gasteiger partial charge in [0.05, 0.1) is 18.1 Å². The summed E-state index contributed by atoms with van der Waals surface area (Å²) >= 11 is 0. The highest BCUT2D eigenvalue weighted by atomic mass is 19.2. The van der Waals surface area contributed by atoms with Gasteiger partial charge in [-0.2, -0.15) is 0 Å². The molecule has 1 saturated heterocycles. The summed E-state index contributed by atoms with van der Waals surface area (Å²) in [7, 11) is 1.37. The molecule has 1 aliphatic rings. The van der Waals surface area contributed by atoms with Gasteiger partial charge in [-0.05, 0) is 24.6 Å². The van der Waals surface area contributed by atoms with Crippen molar-refractivity contribution in [2.24, 2.45) is 0 Å². The Morgan fingerprint density at radius 1 is 1.03 bits per heavy atom. The molecule has 7 nitrogen and oxygen atoms in total. The number of halogens is 2. The summed E-state index contributed by atoms with van der Waals surface area (Å²) < 4.78 is 32.2. The molecule has 0 radical (unpaired) electrons. The molecule has 1 aromatic heterocycles. The fourth-order valence-corrected chi connectivity index (χ4v) is 3.43. The van der Waals surface area contributed by atoms with Crippen molar-refractivity contribution >= 4 is 28.6 Å². The Labute approximate surface area is 172 Å². The first-order valence-corrected chi connectivity index (χ1v) is 9.53. The van der Waals surface area contributed by atoms with Crippen LogP contribution < -0.4 is 15.0 Å². The van der Waals surface area contributed by atoms with Crippen molar-refractivity contribution in [3.63, 3.8) is 0 Å². The quantitative estimate of drug-likeness (QED) is 0.711. The summed E-state index contributed by atoms with van der Waals surface area (Å²) in [6.07, 6.45) is 0. The number of carbonyl (C=O) groups is 1. The predicted octanol–water partition coefficient (Wildman–Crippen LogP) is 3.58. The summed E-state index contributed by atoms with van der Waals surface area (Å²) in [6.45, 7) is 4.50. The van der Waals surface area contributed by atoms with E-state index >= 15 is 0 Å². The lowest BCUT2D eigenvalue weighted by Gasteiger charge is -2.36. The minimum atomic E-state index is -1.04. The number of nitrogens with zero attached hydrogens (tertiary/aromatic N) is 4. The van der Waals surface area contributed by atoms with Gasteiger partial charge in [0, 0.05) is 44.0 Å². The highest BCUT2D eigenvalue weighted by Gasteiger charge is 2.23. The van der Waals surface area contributed by atoms with E-state index in [4.69, 9.17) is 4.74 Å². The van der Waals surface area contributed by atoms with E-state index in [-0.39, 0.29) is 28.8 Å². The van der Waals surface area contributed by atoms with Gasteiger partial charge in [-0.1, -0.05) is 12.1 Å². The second kappa shape index (κ2) is 8.10. The number of methoxy groups -OCH3 is 1. The van der Waals surface area contributed by atoms with Crippen LogP contribution in [-0.2, 0) is 0 Å². The smallest absolute Gasteiger partial charge is 0.323 e. The van der Waals surface area contributed by atoms with E-state index in [1.165, 1.54) is 12.7 Å². The molecule has 3 aromatic rings. The SMILES string of the molecule is COc1nc2cc(F)c(F)cc2nc1NC(=O)N1CCN(c2cccc(C)c2)CC1. The third-order valence-corrected chi connectivity index (χ3v) is 5.03. The van der Waals surface area contributed by atoms with E-state index in [2.05, 4.69) is 32.3 Å². The first kappa shape index (κ1) is 19.8. The Morgan fingerprint density at radius 3 is 2.33 bits per heavy atom. The van der Waals surface area contributed by atoms with Crippen molar-refractivity contribution < 1.29 is 18.3 Å². The largest absolute Gasteiger partial charge is 0.478 e. The Kier molecular flexibility index (Phi) is 5.35. The second-order valence-electron chi connectivity index (χ2n) is 7.08. The fourth-order valence-electron chi connectivity index (χ4n) is 3.43. The van der Waals surface area contributed by atoms with E-state index in [0.29, 0.717) is 26.2 Å². The summed E-state index contributed by atoms with van der Waals surface area (Å²) in [4.78, 5) is 24.9. The van der Waals surface area contributed by atoms with Crippen LogP contribution in [0.15, 0.2) is 36.4 Å². The van der Waals surface area contributed by atoms with Crippen LogP contribution in [0.25, 0.3) is 11.0 Å². The summed E-state index contributed by atoms with van der Waals surface area (Å²) in [6, 6.07) is 9.76. The van der Waals surface area contributed by atoms with Crippen molar-refractivity contribution in [2.45, 2.75) is 6.92 Å². The first-order valence-electron chi connectivity index (χ1n) is 9.53. The number of anilines is 2. The van der Waals surface area contributed by atoms with Gasteiger partial charge in [0.15, 0.2) is 17.5 Å². The minimum Gasteiger partial charge on any atom is -0.478 e. The second-order valence-corrected chi connectivity index (χ2v) is 7.08. The number of fused-ring (bicyclic) bond motifs is 1. The number of hydrogen-bond acceptors (Lipinski definition) is 5. The number of carbonyl (C=O) groups excluding carboxylic acids is 1. The molecule has 0 atom stereocenters. The van der Waals surface area contributed by atoms with Crippen LogP contribution in [0, 0.1) is 18.6 Å². The molecule has 0 unspecified atom stereocenters. The third-order valence-electron chi connectivity index (χ3n) is 5.03. The first-order chi connectivity index (χ1) is 14.4. The molecule has 0 bridgehead atoms. The number of hydrogen-bond donors (Lipinski definition) is 1. The zero-order valence-corrected chi connectivity index (χ0v) is 16.7. The topological polar surface area (TPSA) is 70.6 Å². The Morgan fingerprint density at radius 2 is 1.70 bits per heavy atom. The lowest BCUT2D eigenvalue weighted by molar-refractivity contribution is 0.208. The minimum absolute atomic E-state index is 0.0280. The maximum Gasteiger partial charge on any atom is 0.323 e. The number of aromatic nitrogens is 2. The number of benzene rings is 2. The number of piperazine rings is 1. The predicted molar refractivity (Wildman–Crippen MR) is 110 cm³/mol. The van der Waals surface area contributed by atoms with Crippen molar-refractivity contribution in [2.75, 3.05) is 43.5 Å². The molecule has 2 amide bonds. The number of rotatable bonds is 3. The summed E-state index contributed by atoms with van der Waals surface area (Å²) in [5.74, 6) is -1.98. The van der Waals surface area contributed by atoms with Crippen LogP contribution in [0.5, 0.6) is 5.88 Å². The van der Waals surface area contributed by atoms with Crippen molar-refractivity contribution in [1.82, 2.24) is 14.9 Å². The molecule has 1 fully saturated rings. The van der Waals surface area contributed by atoms with Crippen molar-refractivity contribution in [3.05, 3.63) is 53.6 Å². The molecule has 1 aliphatic heterocycles. The van der Waals surface area contributed by atoms with Gasteiger partial charge in [0.2, 0.25) is 0 Å². The van der Waals surface area contributed by atoms with Gasteiger partial charge in [-0.3, -0.25) is 5.32 Å². The molecule has 2 aromatic carbocycles. The monoisotopic (exact) mass is 413 g/mol. The highest BCUT2D eigenvalue weighted by Crippen LogP contribution is 2.25. The fraction of sp³-hybridized carbons (Fsp3) is 0.286. The highest BCUT2D eigenvalue weighted by molar-refractivity contribution is 5.91. The van der Waals surface area contributed by atoms with Crippen molar-refractivity contribution in [1.29, 1.82) is 0 Å². The molecule has 1 N–H and O–H groups in total. The average Bonchev–Trinajstić information content (AvgIpc) is 2.74. The molecule has 0 aliphatic carbocycles. The van der Waals surface area contributed by atoms with Crippen LogP contribution in [0.3, 0.4) is 0 Å². The zero-order chi connectivity index (χ0) is 21.3. The van der Waals surface area contributed by atoms with Gasteiger partial charge in [0.1, 0.15) is 0 Å². The Bertz CT molecular complexity index is 1100. The summed E-state index contributed by atoms with van der Waals surface area (Å²) in [5.41, 5.74) is 2.57. The Hall–Kier alpha value is -3.49. The standard InChI is InChI=1S/C21H21F2N5O2/c1-13-4-3-5-14(10-13)27-6-8-28(9-7-27)21(29)26-19-20(30-2)25-18-12-16(23)15(22)11-17(18)24-19/h3-5,10-12H,6-9H2,1-2H3,(H,24,26,29). The molecular formula is C21H21F2N5O2. The van der Waals surface area contributed by atoms with Crippen LogP contribution in [0.4, 0.5) is 25.1 Å². The number of nitrogens with one attached hydrogen (secondary N) is 1. The lowest BCUT2D eigenvalue weighted by atomic mass is 10.2. The molecule has 0 saturated carbocycles. The maximum absolute atomic E-state index is 13.5. The molecule has 9 heteroatoms. The molecule has 0 spiro atoms. The number of amides is 2. The summed E-state index contributed by atoms with van der Waals surface area (Å²) in [5, 5.41) is 2.67. The van der Waals surface area contributed by atoms with E-state index in [0.717, 1.165) is 17.8 Å². The van der Waals surface area contributed by atoms with E-state index < -0.39 is 11.6 Å². The maximum atomic E-state index is 13.5. The molecule has 156 valence electrons. The van der Waals surface area contributed by atoms with Crippen LogP contribution >= 0.6 is 0 Å². The van der Waals surface area contributed by atoms with Gasteiger partial charge >= 0.3 is 6.03 Å². The lowest BCUT2D eigenvalue weighted by Crippen LogP contribution is -2.50. The Balaban J connectivity index is 1.47. The zero-order valence-electron chi connectivity index (χ0n) is 16.7. The van der Waals surface area contributed by atoms with Crippen LogP contribution in [0.2, 0.25) is 0 Å². The number of aryl methyl sites for hydroxylation is 1. The van der Waals surface area contributed by atoms with Crippen molar-refractivity contribution in [3.8, 4) is 5.88 Å². The van der Waals surface area contributed by atoms with Gasteiger partial charge in [-0.25, -0.2) is 23.5 Å². The van der Waals surface area contributed by atoms with Gasteiger partial charge < -0.3 is 14.5 Å². The number of urea groups is 1. The van der Waals surface area contributed by atoms with E-state index in [1.807, 2.05) is 19.1 Å². The third kappa shape index (κ3) is 3.96. The average molecular weight is 413 g/mol. The van der Waals surface area contributed by atoms with Crippen LogP contribution in [0.1, 0.15) is 5.56 Å². The normalized spacial score (nSPS) is 14.1. The molecular weight excluding hydrogens is 392 g/mol. The van der Waals surface area contributed by atoms with Gasteiger partial charge in [-0.15, -0.1) is 0 Å². The molecule has 30 heavy (non-hydrogen) atoms. The molecule has 2 heterocycles. The van der Waals surface area contributed by atoms with E-state index in [1.54, 1.807) is 4.90 Å². The number of ether oxygens (including phenoxy) is 1. The van der Waals surface area contributed by atoms with Gasteiger partial charge in [0.25, 0.3) is 5.88 Å².